The molecule has 3 nitrogen and oxygen atoms in total. The standard InChI is InChI=1S/C16H26ClN3/c1-4-18-16(2,3)13-19-9-11-20(12-10-19)15-7-5-14(17)6-8-15/h5-8,18H,4,9-13H2,1-3H3. The van der Waals surface area contributed by atoms with Gasteiger partial charge in [-0.2, -0.15) is 0 Å². The van der Waals surface area contributed by atoms with E-state index in [0.717, 1.165) is 44.3 Å². The molecular weight excluding hydrogens is 270 g/mol. The monoisotopic (exact) mass is 295 g/mol. The van der Waals surface area contributed by atoms with Crippen molar-refractivity contribution >= 4 is 17.3 Å². The van der Waals surface area contributed by atoms with Crippen molar-refractivity contribution in [3.8, 4) is 0 Å². The number of likely N-dealkylation sites (N-methyl/N-ethyl adjacent to an activating group) is 1. The molecule has 1 N–H and O–H groups in total. The first-order chi connectivity index (χ1) is 9.50. The zero-order valence-electron chi connectivity index (χ0n) is 12.8. The highest BCUT2D eigenvalue weighted by molar-refractivity contribution is 6.30. The van der Waals surface area contributed by atoms with Crippen molar-refractivity contribution in [3.63, 3.8) is 0 Å². The molecule has 1 aromatic carbocycles. The van der Waals surface area contributed by atoms with Crippen LogP contribution in [0.25, 0.3) is 0 Å². The highest BCUT2D eigenvalue weighted by Crippen LogP contribution is 2.20. The predicted octanol–water partition coefficient (Wildman–Crippen LogP) is 2.85. The Bertz CT molecular complexity index is 408. The summed E-state index contributed by atoms with van der Waals surface area (Å²) in [4.78, 5) is 4.99. The fourth-order valence-corrected chi connectivity index (χ4v) is 3.04. The van der Waals surface area contributed by atoms with Gasteiger partial charge in [0.2, 0.25) is 0 Å². The lowest BCUT2D eigenvalue weighted by Gasteiger charge is -2.40. The molecule has 1 aliphatic heterocycles. The molecule has 1 aliphatic rings. The number of halogens is 1. The van der Waals surface area contributed by atoms with E-state index in [1.54, 1.807) is 0 Å². The highest BCUT2D eigenvalue weighted by atomic mass is 35.5. The molecule has 0 unspecified atom stereocenters. The Morgan fingerprint density at radius 1 is 1.10 bits per heavy atom. The van der Waals surface area contributed by atoms with Gasteiger partial charge in [-0.05, 0) is 44.7 Å². The van der Waals surface area contributed by atoms with Gasteiger partial charge in [-0.25, -0.2) is 0 Å². The Hall–Kier alpha value is -0.770. The fourth-order valence-electron chi connectivity index (χ4n) is 2.91. The summed E-state index contributed by atoms with van der Waals surface area (Å²) in [5.74, 6) is 0. The molecule has 0 radical (unpaired) electrons. The van der Waals surface area contributed by atoms with Gasteiger partial charge in [0.1, 0.15) is 0 Å². The lowest BCUT2D eigenvalue weighted by Crippen LogP contribution is -2.54. The Labute approximate surface area is 127 Å². The number of rotatable bonds is 5. The summed E-state index contributed by atoms with van der Waals surface area (Å²) in [6.45, 7) is 13.3. The topological polar surface area (TPSA) is 18.5 Å². The van der Waals surface area contributed by atoms with Gasteiger partial charge >= 0.3 is 0 Å². The van der Waals surface area contributed by atoms with Gasteiger partial charge in [-0.1, -0.05) is 18.5 Å². The average molecular weight is 296 g/mol. The molecule has 1 aromatic rings. The van der Waals surface area contributed by atoms with E-state index in [-0.39, 0.29) is 5.54 Å². The average Bonchev–Trinajstić information content (AvgIpc) is 2.40. The van der Waals surface area contributed by atoms with Crippen molar-refractivity contribution in [3.05, 3.63) is 29.3 Å². The Morgan fingerprint density at radius 3 is 2.25 bits per heavy atom. The first-order valence-electron chi connectivity index (χ1n) is 7.48. The Balaban J connectivity index is 1.84. The molecule has 1 fully saturated rings. The van der Waals surface area contributed by atoms with Crippen molar-refractivity contribution in [2.24, 2.45) is 0 Å². The third kappa shape index (κ3) is 4.37. The summed E-state index contributed by atoms with van der Waals surface area (Å²) in [6, 6.07) is 8.16. The van der Waals surface area contributed by atoms with Gasteiger partial charge in [-0.15, -0.1) is 0 Å². The number of hydrogen-bond donors (Lipinski definition) is 1. The quantitative estimate of drug-likeness (QED) is 0.901. The third-order valence-corrected chi connectivity index (χ3v) is 4.09. The van der Waals surface area contributed by atoms with E-state index in [1.807, 2.05) is 12.1 Å². The van der Waals surface area contributed by atoms with Crippen molar-refractivity contribution in [2.75, 3.05) is 44.2 Å². The minimum Gasteiger partial charge on any atom is -0.369 e. The lowest BCUT2D eigenvalue weighted by molar-refractivity contribution is 0.193. The van der Waals surface area contributed by atoms with Crippen LogP contribution < -0.4 is 10.2 Å². The zero-order valence-corrected chi connectivity index (χ0v) is 13.6. The number of hydrogen-bond acceptors (Lipinski definition) is 3. The maximum Gasteiger partial charge on any atom is 0.0407 e. The highest BCUT2D eigenvalue weighted by Gasteiger charge is 2.24. The van der Waals surface area contributed by atoms with Gasteiger partial charge < -0.3 is 10.2 Å². The first kappa shape index (κ1) is 15.6. The van der Waals surface area contributed by atoms with E-state index in [9.17, 15) is 0 Å². The summed E-state index contributed by atoms with van der Waals surface area (Å²) >= 11 is 5.94. The molecule has 0 aromatic heterocycles. The van der Waals surface area contributed by atoms with E-state index in [0.29, 0.717) is 0 Å². The summed E-state index contributed by atoms with van der Waals surface area (Å²) in [6.07, 6.45) is 0. The minimum absolute atomic E-state index is 0.192. The zero-order chi connectivity index (χ0) is 14.6. The van der Waals surface area contributed by atoms with Crippen LogP contribution in [0.2, 0.25) is 5.02 Å². The second-order valence-electron chi connectivity index (χ2n) is 6.15. The van der Waals surface area contributed by atoms with Crippen molar-refractivity contribution in [1.29, 1.82) is 0 Å². The molecular formula is C16H26ClN3. The van der Waals surface area contributed by atoms with Crippen LogP contribution in [-0.4, -0.2) is 49.7 Å². The molecule has 4 heteroatoms. The van der Waals surface area contributed by atoms with Crippen LogP contribution in [0.1, 0.15) is 20.8 Å². The predicted molar refractivity (Wildman–Crippen MR) is 87.9 cm³/mol. The normalized spacial score (nSPS) is 17.5. The summed E-state index contributed by atoms with van der Waals surface area (Å²) in [5.41, 5.74) is 1.47. The van der Waals surface area contributed by atoms with Gasteiger partial charge in [0.25, 0.3) is 0 Å². The number of anilines is 1. The number of nitrogens with zero attached hydrogens (tertiary/aromatic N) is 2. The Kier molecular flexibility index (Phi) is 5.30. The van der Waals surface area contributed by atoms with E-state index in [4.69, 9.17) is 11.6 Å². The van der Waals surface area contributed by atoms with E-state index in [1.165, 1.54) is 5.69 Å². The first-order valence-corrected chi connectivity index (χ1v) is 7.86. The van der Waals surface area contributed by atoms with Gasteiger partial charge in [0.05, 0.1) is 0 Å². The van der Waals surface area contributed by atoms with Crippen LogP contribution in [0.5, 0.6) is 0 Å². The SMILES string of the molecule is CCNC(C)(C)CN1CCN(c2ccc(Cl)cc2)CC1. The number of piperazine rings is 1. The van der Waals surface area contributed by atoms with Crippen LogP contribution in [0.3, 0.4) is 0 Å². The van der Waals surface area contributed by atoms with E-state index >= 15 is 0 Å². The van der Waals surface area contributed by atoms with Crippen LogP contribution in [0, 0.1) is 0 Å². The largest absolute Gasteiger partial charge is 0.369 e. The number of benzene rings is 1. The molecule has 2 rings (SSSR count). The summed E-state index contributed by atoms with van der Waals surface area (Å²) < 4.78 is 0. The van der Waals surface area contributed by atoms with Crippen LogP contribution >= 0.6 is 11.6 Å². The summed E-state index contributed by atoms with van der Waals surface area (Å²) in [5, 5.41) is 4.35. The van der Waals surface area contributed by atoms with Crippen molar-refractivity contribution in [1.82, 2.24) is 10.2 Å². The molecule has 112 valence electrons. The van der Waals surface area contributed by atoms with Crippen LogP contribution in [0.15, 0.2) is 24.3 Å². The van der Waals surface area contributed by atoms with Crippen LogP contribution in [-0.2, 0) is 0 Å². The second kappa shape index (κ2) is 6.79. The smallest absolute Gasteiger partial charge is 0.0407 e. The van der Waals surface area contributed by atoms with Crippen molar-refractivity contribution in [2.45, 2.75) is 26.3 Å². The fraction of sp³-hybridized carbons (Fsp3) is 0.625. The van der Waals surface area contributed by atoms with Gasteiger partial charge in [0.15, 0.2) is 0 Å². The second-order valence-corrected chi connectivity index (χ2v) is 6.59. The molecule has 0 atom stereocenters. The van der Waals surface area contributed by atoms with Gasteiger partial charge in [-0.3, -0.25) is 4.90 Å². The molecule has 20 heavy (non-hydrogen) atoms. The van der Waals surface area contributed by atoms with Crippen molar-refractivity contribution < 1.29 is 0 Å². The number of nitrogens with one attached hydrogen (secondary N) is 1. The molecule has 0 amide bonds. The molecule has 0 aliphatic carbocycles. The Morgan fingerprint density at radius 2 is 1.70 bits per heavy atom. The molecule has 0 bridgehead atoms. The van der Waals surface area contributed by atoms with E-state index < -0.39 is 0 Å². The summed E-state index contributed by atoms with van der Waals surface area (Å²) in [7, 11) is 0. The van der Waals surface area contributed by atoms with E-state index in [2.05, 4.69) is 48.0 Å². The van der Waals surface area contributed by atoms with Gasteiger partial charge in [0, 0.05) is 49.0 Å². The lowest BCUT2D eigenvalue weighted by atomic mass is 10.0. The van der Waals surface area contributed by atoms with Crippen LogP contribution in [0.4, 0.5) is 5.69 Å². The third-order valence-electron chi connectivity index (χ3n) is 3.84. The maximum absolute atomic E-state index is 5.94. The minimum atomic E-state index is 0.192. The molecule has 0 saturated carbocycles. The molecule has 1 saturated heterocycles. The molecule has 0 spiro atoms. The molecule has 1 heterocycles. The maximum atomic E-state index is 5.94.